The fraction of sp³-hybridized carbons (Fsp3) is 0.333. The Bertz CT molecular complexity index is 742. The van der Waals surface area contributed by atoms with Gasteiger partial charge in [0.2, 0.25) is 0 Å². The molecule has 1 saturated heterocycles. The summed E-state index contributed by atoms with van der Waals surface area (Å²) in [7, 11) is 1.21. The number of benzene rings is 1. The maximum Gasteiger partial charge on any atom is 0.344 e. The summed E-state index contributed by atoms with van der Waals surface area (Å²) < 4.78 is 4.66. The molecule has 0 atom stereocenters. The minimum Gasteiger partial charge on any atom is -0.465 e. The number of hydrogen-bond donors (Lipinski definition) is 0. The van der Waals surface area contributed by atoms with E-state index >= 15 is 0 Å². The molecule has 0 amide bonds. The second kappa shape index (κ2) is 6.83. The fourth-order valence-corrected chi connectivity index (χ4v) is 3.38. The third-order valence-corrected chi connectivity index (χ3v) is 4.75. The number of aromatic nitrogens is 1. The van der Waals surface area contributed by atoms with Crippen LogP contribution in [0.3, 0.4) is 0 Å². The molecule has 1 aromatic heterocycles. The minimum atomic E-state index is -0.704. The van der Waals surface area contributed by atoms with Crippen LogP contribution in [0.15, 0.2) is 29.8 Å². The molecule has 1 aliphatic rings. The Balaban J connectivity index is 1.78. The average Bonchev–Trinajstić information content (AvgIpc) is 3.15. The molecule has 126 valence electrons. The van der Waals surface area contributed by atoms with Crippen LogP contribution in [0.5, 0.6) is 0 Å². The molecule has 2 heterocycles. The van der Waals surface area contributed by atoms with Gasteiger partial charge in [0.15, 0.2) is 5.13 Å². The van der Waals surface area contributed by atoms with Gasteiger partial charge in [0, 0.05) is 49.5 Å². The lowest BCUT2D eigenvalue weighted by Gasteiger charge is -2.36. The minimum absolute atomic E-state index is 0.0256. The number of thiazole rings is 1. The second-order valence-electron chi connectivity index (χ2n) is 5.24. The van der Waals surface area contributed by atoms with E-state index in [0.717, 1.165) is 37.0 Å². The molecule has 0 unspecified atom stereocenters. The number of ether oxygens (including phenoxy) is 1. The molecule has 0 saturated carbocycles. The zero-order chi connectivity index (χ0) is 17.1. The Morgan fingerprint density at radius 1 is 1.29 bits per heavy atom. The van der Waals surface area contributed by atoms with Crippen LogP contribution in [0, 0.1) is 10.1 Å². The smallest absolute Gasteiger partial charge is 0.344 e. The van der Waals surface area contributed by atoms with Crippen LogP contribution in [0.1, 0.15) is 10.4 Å². The number of nitrogens with zero attached hydrogens (tertiary/aromatic N) is 4. The van der Waals surface area contributed by atoms with Gasteiger partial charge in [0.1, 0.15) is 5.56 Å². The molecule has 0 radical (unpaired) electrons. The topological polar surface area (TPSA) is 88.8 Å². The lowest BCUT2D eigenvalue weighted by atomic mass is 10.1. The number of carbonyl (C=O) groups excluding carboxylic acids is 1. The van der Waals surface area contributed by atoms with Crippen LogP contribution < -0.4 is 9.80 Å². The molecule has 1 aliphatic heterocycles. The van der Waals surface area contributed by atoms with Crippen molar-refractivity contribution in [1.29, 1.82) is 0 Å². The Morgan fingerprint density at radius 3 is 2.58 bits per heavy atom. The number of rotatable bonds is 4. The van der Waals surface area contributed by atoms with Gasteiger partial charge in [-0.3, -0.25) is 10.1 Å². The van der Waals surface area contributed by atoms with Crippen LogP contribution >= 0.6 is 11.3 Å². The van der Waals surface area contributed by atoms with Crippen molar-refractivity contribution in [2.75, 3.05) is 43.1 Å². The van der Waals surface area contributed by atoms with Crippen molar-refractivity contribution in [3.63, 3.8) is 0 Å². The van der Waals surface area contributed by atoms with Gasteiger partial charge < -0.3 is 14.5 Å². The van der Waals surface area contributed by atoms with E-state index in [-0.39, 0.29) is 11.3 Å². The number of piperazine rings is 1. The van der Waals surface area contributed by atoms with Crippen molar-refractivity contribution in [3.8, 4) is 0 Å². The molecular formula is C15H16N4O4S. The molecule has 0 aliphatic carbocycles. The van der Waals surface area contributed by atoms with Crippen molar-refractivity contribution in [3.05, 3.63) is 45.5 Å². The number of esters is 1. The lowest BCUT2D eigenvalue weighted by Crippen LogP contribution is -2.46. The third-order valence-electron chi connectivity index (χ3n) is 3.92. The number of carbonyl (C=O) groups is 1. The van der Waals surface area contributed by atoms with E-state index in [1.807, 2.05) is 5.38 Å². The average molecular weight is 348 g/mol. The second-order valence-corrected chi connectivity index (χ2v) is 6.11. The van der Waals surface area contributed by atoms with Gasteiger partial charge >= 0.3 is 5.97 Å². The first-order valence-corrected chi connectivity index (χ1v) is 8.24. The molecule has 0 N–H and O–H groups in total. The van der Waals surface area contributed by atoms with Gasteiger partial charge in [-0.15, -0.1) is 11.3 Å². The highest BCUT2D eigenvalue weighted by atomic mass is 32.1. The summed E-state index contributed by atoms with van der Waals surface area (Å²) >= 11 is 1.60. The molecule has 0 spiro atoms. The van der Waals surface area contributed by atoms with E-state index in [4.69, 9.17) is 0 Å². The van der Waals surface area contributed by atoms with Crippen molar-refractivity contribution < 1.29 is 14.5 Å². The summed E-state index contributed by atoms with van der Waals surface area (Å²) in [5.41, 5.74) is 0.508. The highest BCUT2D eigenvalue weighted by molar-refractivity contribution is 7.13. The predicted octanol–water partition coefficient (Wildman–Crippen LogP) is 2.16. The van der Waals surface area contributed by atoms with E-state index in [1.54, 1.807) is 23.6 Å². The predicted molar refractivity (Wildman–Crippen MR) is 91.0 cm³/mol. The normalized spacial score (nSPS) is 14.5. The Labute approximate surface area is 142 Å². The van der Waals surface area contributed by atoms with Crippen LogP contribution in [-0.4, -0.2) is 49.2 Å². The monoisotopic (exact) mass is 348 g/mol. The molecule has 24 heavy (non-hydrogen) atoms. The number of hydrogen-bond acceptors (Lipinski definition) is 8. The van der Waals surface area contributed by atoms with Gasteiger partial charge in [0.25, 0.3) is 5.69 Å². The van der Waals surface area contributed by atoms with Gasteiger partial charge in [-0.2, -0.15) is 0 Å². The van der Waals surface area contributed by atoms with Crippen LogP contribution in [0.4, 0.5) is 16.5 Å². The number of nitro benzene ring substituents is 1. The largest absolute Gasteiger partial charge is 0.465 e. The summed E-state index contributed by atoms with van der Waals surface area (Å²) in [6.07, 6.45) is 1.78. The maximum absolute atomic E-state index is 11.8. The first-order valence-electron chi connectivity index (χ1n) is 7.36. The quantitative estimate of drug-likeness (QED) is 0.475. The molecule has 9 heteroatoms. The lowest BCUT2D eigenvalue weighted by molar-refractivity contribution is -0.385. The number of methoxy groups -OCH3 is 1. The maximum atomic E-state index is 11.8. The first-order chi connectivity index (χ1) is 11.6. The van der Waals surface area contributed by atoms with Crippen LogP contribution in [0.2, 0.25) is 0 Å². The van der Waals surface area contributed by atoms with Crippen molar-refractivity contribution >= 4 is 33.8 Å². The number of nitro groups is 1. The molecule has 1 fully saturated rings. The van der Waals surface area contributed by atoms with Gasteiger partial charge in [-0.25, -0.2) is 9.78 Å². The van der Waals surface area contributed by atoms with E-state index in [1.165, 1.54) is 19.2 Å². The highest BCUT2D eigenvalue weighted by Gasteiger charge is 2.24. The first kappa shape index (κ1) is 16.2. The standard InChI is InChI=1S/C15H16N4O4S/c1-23-14(20)12-10-11(2-3-13(12)19(21)22)17-5-7-18(8-6-17)15-16-4-9-24-15/h2-4,9-10H,5-8H2,1H3. The number of anilines is 2. The summed E-state index contributed by atoms with van der Waals surface area (Å²) in [5, 5.41) is 14.0. The van der Waals surface area contributed by atoms with Gasteiger partial charge in [-0.05, 0) is 12.1 Å². The molecule has 3 rings (SSSR count). The van der Waals surface area contributed by atoms with E-state index in [2.05, 4.69) is 19.5 Å². The summed E-state index contributed by atoms with van der Waals surface area (Å²) in [4.78, 5) is 30.9. The van der Waals surface area contributed by atoms with Gasteiger partial charge in [-0.1, -0.05) is 0 Å². The Morgan fingerprint density at radius 2 is 2.00 bits per heavy atom. The SMILES string of the molecule is COC(=O)c1cc(N2CCN(c3nccs3)CC2)ccc1[N+](=O)[O-]. The summed E-state index contributed by atoms with van der Waals surface area (Å²) in [6, 6.07) is 4.56. The third kappa shape index (κ3) is 3.16. The van der Waals surface area contributed by atoms with E-state index < -0.39 is 10.9 Å². The zero-order valence-corrected chi connectivity index (χ0v) is 13.9. The van der Waals surface area contributed by atoms with Crippen molar-refractivity contribution in [2.24, 2.45) is 0 Å². The van der Waals surface area contributed by atoms with Gasteiger partial charge in [0.05, 0.1) is 12.0 Å². The molecule has 1 aromatic carbocycles. The Hall–Kier alpha value is -2.68. The van der Waals surface area contributed by atoms with Crippen LogP contribution in [-0.2, 0) is 4.74 Å². The molecule has 2 aromatic rings. The van der Waals surface area contributed by atoms with Crippen molar-refractivity contribution in [2.45, 2.75) is 0 Å². The summed E-state index contributed by atoms with van der Waals surface area (Å²) in [5.74, 6) is -0.704. The van der Waals surface area contributed by atoms with E-state index in [9.17, 15) is 14.9 Å². The van der Waals surface area contributed by atoms with E-state index in [0.29, 0.717) is 0 Å². The van der Waals surface area contributed by atoms with Crippen molar-refractivity contribution in [1.82, 2.24) is 4.98 Å². The molecule has 0 bridgehead atoms. The Kier molecular flexibility index (Phi) is 4.61. The molecule has 8 nitrogen and oxygen atoms in total. The zero-order valence-electron chi connectivity index (χ0n) is 13.0. The fourth-order valence-electron chi connectivity index (χ4n) is 2.68. The highest BCUT2D eigenvalue weighted by Crippen LogP contribution is 2.27. The summed E-state index contributed by atoms with van der Waals surface area (Å²) in [6.45, 7) is 3.10. The van der Waals surface area contributed by atoms with Crippen LogP contribution in [0.25, 0.3) is 0 Å². The molecular weight excluding hydrogens is 332 g/mol.